The van der Waals surface area contributed by atoms with E-state index in [0.29, 0.717) is 17.7 Å². The van der Waals surface area contributed by atoms with Crippen molar-refractivity contribution < 1.29 is 35.9 Å². The van der Waals surface area contributed by atoms with Gasteiger partial charge in [-0.1, -0.05) is 29.3 Å². The van der Waals surface area contributed by atoms with Crippen molar-refractivity contribution in [2.24, 2.45) is 0 Å². The van der Waals surface area contributed by atoms with Crippen molar-refractivity contribution in [2.45, 2.75) is 30.7 Å². The lowest BCUT2D eigenvalue weighted by Crippen LogP contribution is -2.52. The summed E-state index contributed by atoms with van der Waals surface area (Å²) in [7, 11) is 1.23. The van der Waals surface area contributed by atoms with Gasteiger partial charge in [-0.2, -0.15) is 26.3 Å². The largest absolute Gasteiger partial charge is 0.416 e. The molecule has 1 aromatic heterocycles. The molecule has 42 heavy (non-hydrogen) atoms. The third-order valence-corrected chi connectivity index (χ3v) is 7.68. The van der Waals surface area contributed by atoms with Gasteiger partial charge in [-0.05, 0) is 42.3 Å². The van der Waals surface area contributed by atoms with Gasteiger partial charge in [0.05, 0.1) is 21.2 Å². The van der Waals surface area contributed by atoms with Crippen molar-refractivity contribution >= 4 is 35.0 Å². The van der Waals surface area contributed by atoms with E-state index in [1.54, 1.807) is 6.07 Å². The summed E-state index contributed by atoms with van der Waals surface area (Å²) in [5.74, 6) is -2.63. The van der Waals surface area contributed by atoms with Crippen molar-refractivity contribution in [1.29, 1.82) is 0 Å². The minimum absolute atomic E-state index is 0.0191. The van der Waals surface area contributed by atoms with Crippen LogP contribution in [0.5, 0.6) is 0 Å². The van der Waals surface area contributed by atoms with Crippen LogP contribution in [-0.2, 0) is 12.4 Å². The molecule has 0 spiro atoms. The van der Waals surface area contributed by atoms with Gasteiger partial charge in [0.25, 0.3) is 17.4 Å². The molecule has 1 fully saturated rings. The normalized spacial score (nSPS) is 17.7. The van der Waals surface area contributed by atoms with Crippen LogP contribution in [0.3, 0.4) is 0 Å². The second-order valence-electron chi connectivity index (χ2n) is 9.58. The summed E-state index contributed by atoms with van der Waals surface area (Å²) in [6.07, 6.45) is -9.33. The van der Waals surface area contributed by atoms with E-state index in [1.165, 1.54) is 24.1 Å². The number of carbonyl (C=O) groups is 2. The maximum atomic E-state index is 13.4. The summed E-state index contributed by atoms with van der Waals surface area (Å²) in [5.41, 5.74) is -5.77. The molecule has 2 aromatic carbocycles. The summed E-state index contributed by atoms with van der Waals surface area (Å²) >= 11 is 12.2. The number of benzene rings is 2. The Labute approximate surface area is 242 Å². The minimum Gasteiger partial charge on any atom is -0.338 e. The number of likely N-dealkylation sites (tertiary alicyclic amines) is 1. The van der Waals surface area contributed by atoms with Crippen molar-refractivity contribution in [1.82, 2.24) is 19.8 Å². The predicted molar refractivity (Wildman–Crippen MR) is 140 cm³/mol. The lowest BCUT2D eigenvalue weighted by atomic mass is 9.84. The first-order valence-corrected chi connectivity index (χ1v) is 12.9. The van der Waals surface area contributed by atoms with Crippen LogP contribution in [0, 0.1) is 0 Å². The van der Waals surface area contributed by atoms with Gasteiger partial charge in [0.15, 0.2) is 0 Å². The number of piperidine rings is 1. The SMILES string of the molecule is CN(C(=O)c1cc(C(F)(F)F)cc(C(F)(F)F)c1)[C@@H]1CCN(C(=O)c2c[nH]c(=O)[nH]c2=O)C[C@H]1c1ccc(Cl)c(Cl)c1. The lowest BCUT2D eigenvalue weighted by Gasteiger charge is -2.43. The van der Waals surface area contributed by atoms with Crippen molar-refractivity contribution in [2.75, 3.05) is 20.1 Å². The molecule has 16 heteroatoms. The van der Waals surface area contributed by atoms with Crippen LogP contribution < -0.4 is 11.2 Å². The number of likely N-dealkylation sites (N-methyl/N-ethyl adjacent to an activating group) is 1. The molecule has 2 N–H and O–H groups in total. The van der Waals surface area contributed by atoms with Gasteiger partial charge >= 0.3 is 18.0 Å². The van der Waals surface area contributed by atoms with Crippen LogP contribution in [-0.4, -0.2) is 57.8 Å². The monoisotopic (exact) mass is 636 g/mol. The van der Waals surface area contributed by atoms with E-state index in [-0.39, 0.29) is 41.2 Å². The zero-order valence-corrected chi connectivity index (χ0v) is 22.9. The number of carbonyl (C=O) groups excluding carboxylic acids is 2. The third-order valence-electron chi connectivity index (χ3n) is 6.94. The summed E-state index contributed by atoms with van der Waals surface area (Å²) in [5, 5.41) is 0.309. The predicted octanol–water partition coefficient (Wildman–Crippen LogP) is 5.18. The molecular weight excluding hydrogens is 617 g/mol. The summed E-state index contributed by atoms with van der Waals surface area (Å²) in [6.45, 7) is -0.179. The van der Waals surface area contributed by atoms with Crippen LogP contribution in [0.1, 0.15) is 49.7 Å². The molecule has 8 nitrogen and oxygen atoms in total. The molecule has 0 saturated carbocycles. The van der Waals surface area contributed by atoms with Crippen molar-refractivity contribution in [3.05, 3.63) is 101 Å². The molecule has 1 aliphatic rings. The van der Waals surface area contributed by atoms with Crippen LogP contribution in [0.2, 0.25) is 10.0 Å². The molecule has 2 atom stereocenters. The second kappa shape index (κ2) is 11.5. The fourth-order valence-electron chi connectivity index (χ4n) is 4.83. The maximum Gasteiger partial charge on any atom is 0.416 e. The molecule has 2 heterocycles. The van der Waals surface area contributed by atoms with E-state index < -0.39 is 64.1 Å². The first kappa shape index (κ1) is 31.2. The molecule has 224 valence electrons. The lowest BCUT2D eigenvalue weighted by molar-refractivity contribution is -0.143. The van der Waals surface area contributed by atoms with Gasteiger partial charge in [0.1, 0.15) is 5.56 Å². The number of alkyl halides is 6. The van der Waals surface area contributed by atoms with E-state index in [0.717, 1.165) is 11.1 Å². The quantitative estimate of drug-likeness (QED) is 0.385. The van der Waals surface area contributed by atoms with Crippen molar-refractivity contribution in [3.8, 4) is 0 Å². The topological polar surface area (TPSA) is 106 Å². The Hall–Kier alpha value is -3.78. The zero-order chi connectivity index (χ0) is 31.1. The number of amides is 2. The molecule has 3 aromatic rings. The number of halogens is 8. The Morgan fingerprint density at radius 3 is 2.12 bits per heavy atom. The Morgan fingerprint density at radius 1 is 0.952 bits per heavy atom. The number of nitrogens with zero attached hydrogens (tertiary/aromatic N) is 2. The van der Waals surface area contributed by atoms with Gasteiger partial charge < -0.3 is 14.8 Å². The van der Waals surface area contributed by atoms with Crippen LogP contribution in [0.4, 0.5) is 26.3 Å². The zero-order valence-electron chi connectivity index (χ0n) is 21.4. The molecule has 1 saturated heterocycles. The highest BCUT2D eigenvalue weighted by Crippen LogP contribution is 2.38. The number of rotatable bonds is 4. The Kier molecular flexibility index (Phi) is 8.52. The van der Waals surface area contributed by atoms with Gasteiger partial charge in [-0.15, -0.1) is 0 Å². The number of aromatic nitrogens is 2. The molecule has 0 bridgehead atoms. The highest BCUT2D eigenvalue weighted by Gasteiger charge is 2.40. The molecule has 0 unspecified atom stereocenters. The molecule has 0 aliphatic carbocycles. The fraction of sp³-hybridized carbons (Fsp3) is 0.308. The number of nitrogens with one attached hydrogen (secondary N) is 2. The number of hydrogen-bond donors (Lipinski definition) is 2. The maximum absolute atomic E-state index is 13.4. The molecule has 1 aliphatic heterocycles. The van der Waals surface area contributed by atoms with Gasteiger partial charge in [0, 0.05) is 43.9 Å². The van der Waals surface area contributed by atoms with E-state index in [9.17, 15) is 45.5 Å². The standard InChI is InChI=1S/C26H20Cl2F6N4O4/c1-37(22(40)13-6-14(25(29,30)31)9-15(7-13)26(32,33)34)20-4-5-38(23(41)16-10-35-24(42)36-21(16)39)11-17(20)12-2-3-18(27)19(28)8-12/h2-3,6-10,17,20H,4-5,11H2,1H3,(H2,35,36,39,42)/t17-,20+/m0/s1. The number of H-pyrrole nitrogens is 2. The van der Waals surface area contributed by atoms with Crippen LogP contribution >= 0.6 is 23.2 Å². The third kappa shape index (κ3) is 6.49. The average molecular weight is 637 g/mol. The number of hydrogen-bond acceptors (Lipinski definition) is 4. The Balaban J connectivity index is 1.72. The van der Waals surface area contributed by atoms with Crippen LogP contribution in [0.15, 0.2) is 52.2 Å². The minimum atomic E-state index is -5.15. The first-order chi connectivity index (χ1) is 19.5. The first-order valence-electron chi connectivity index (χ1n) is 12.1. The fourth-order valence-corrected chi connectivity index (χ4v) is 5.14. The van der Waals surface area contributed by atoms with Gasteiger partial charge in [0.2, 0.25) is 0 Å². The molecule has 0 radical (unpaired) electrons. The van der Waals surface area contributed by atoms with Crippen LogP contribution in [0.25, 0.3) is 0 Å². The molecule has 2 amide bonds. The van der Waals surface area contributed by atoms with E-state index >= 15 is 0 Å². The van der Waals surface area contributed by atoms with Crippen molar-refractivity contribution in [3.63, 3.8) is 0 Å². The van der Waals surface area contributed by atoms with E-state index in [2.05, 4.69) is 4.98 Å². The number of aromatic amines is 2. The Morgan fingerprint density at radius 2 is 1.57 bits per heavy atom. The highest BCUT2D eigenvalue weighted by atomic mass is 35.5. The Bertz CT molecular complexity index is 1620. The summed E-state index contributed by atoms with van der Waals surface area (Å²) in [4.78, 5) is 56.6. The second-order valence-corrected chi connectivity index (χ2v) is 10.4. The summed E-state index contributed by atoms with van der Waals surface area (Å²) < 4.78 is 80.5. The highest BCUT2D eigenvalue weighted by molar-refractivity contribution is 6.42. The molecular formula is C26H20Cl2F6N4O4. The van der Waals surface area contributed by atoms with Gasteiger partial charge in [-0.25, -0.2) is 4.79 Å². The smallest absolute Gasteiger partial charge is 0.338 e. The van der Waals surface area contributed by atoms with Gasteiger partial charge in [-0.3, -0.25) is 19.4 Å². The molecule has 4 rings (SSSR count). The summed E-state index contributed by atoms with van der Waals surface area (Å²) in [6, 6.07) is 4.26. The van der Waals surface area contributed by atoms with E-state index in [4.69, 9.17) is 23.2 Å². The average Bonchev–Trinajstić information content (AvgIpc) is 2.92. The van der Waals surface area contributed by atoms with E-state index in [1.807, 2.05) is 4.98 Å².